The van der Waals surface area contributed by atoms with Crippen molar-refractivity contribution < 1.29 is 0 Å². The molecular formula is C17H29N3. The standard InChI is InChI=1S/C17H29N3/c1-4-19-10-12-20(13-11-19)14-15(2)17(18-3)16-8-6-5-7-9-16/h5-9,15,17-18H,4,10-14H2,1-3H3. The molecule has 0 saturated carbocycles. The molecule has 2 unspecified atom stereocenters. The fourth-order valence-corrected chi connectivity index (χ4v) is 3.24. The number of hydrogen-bond donors (Lipinski definition) is 1. The van der Waals surface area contributed by atoms with Gasteiger partial charge in [0, 0.05) is 38.8 Å². The van der Waals surface area contributed by atoms with Crippen LogP contribution in [-0.4, -0.2) is 56.1 Å². The van der Waals surface area contributed by atoms with E-state index in [1.807, 2.05) is 0 Å². The lowest BCUT2D eigenvalue weighted by atomic mass is 9.94. The van der Waals surface area contributed by atoms with Gasteiger partial charge in [0.2, 0.25) is 0 Å². The molecule has 0 aliphatic carbocycles. The first-order valence-corrected chi connectivity index (χ1v) is 7.91. The molecule has 0 amide bonds. The zero-order valence-corrected chi connectivity index (χ0v) is 13.2. The third-order valence-electron chi connectivity index (χ3n) is 4.50. The molecule has 3 nitrogen and oxygen atoms in total. The number of likely N-dealkylation sites (N-methyl/N-ethyl adjacent to an activating group) is 1. The number of hydrogen-bond acceptors (Lipinski definition) is 3. The highest BCUT2D eigenvalue weighted by Gasteiger charge is 2.22. The maximum Gasteiger partial charge on any atom is 0.0355 e. The Labute approximate surface area is 124 Å². The average molecular weight is 275 g/mol. The second kappa shape index (κ2) is 7.77. The van der Waals surface area contributed by atoms with Crippen LogP contribution in [0, 0.1) is 5.92 Å². The monoisotopic (exact) mass is 275 g/mol. The smallest absolute Gasteiger partial charge is 0.0355 e. The van der Waals surface area contributed by atoms with Gasteiger partial charge in [-0.2, -0.15) is 0 Å². The van der Waals surface area contributed by atoms with E-state index < -0.39 is 0 Å². The second-order valence-corrected chi connectivity index (χ2v) is 5.89. The van der Waals surface area contributed by atoms with Gasteiger partial charge in [-0.15, -0.1) is 0 Å². The number of piperazine rings is 1. The number of rotatable bonds is 6. The molecule has 1 aromatic carbocycles. The summed E-state index contributed by atoms with van der Waals surface area (Å²) < 4.78 is 0. The summed E-state index contributed by atoms with van der Waals surface area (Å²) in [7, 11) is 2.07. The van der Waals surface area contributed by atoms with Crippen LogP contribution in [0.4, 0.5) is 0 Å². The van der Waals surface area contributed by atoms with E-state index >= 15 is 0 Å². The second-order valence-electron chi connectivity index (χ2n) is 5.89. The minimum absolute atomic E-state index is 0.445. The van der Waals surface area contributed by atoms with E-state index in [1.54, 1.807) is 0 Å². The Morgan fingerprint density at radius 1 is 1.05 bits per heavy atom. The molecule has 0 spiro atoms. The van der Waals surface area contributed by atoms with Crippen LogP contribution in [0.2, 0.25) is 0 Å². The molecule has 1 fully saturated rings. The van der Waals surface area contributed by atoms with Crippen molar-refractivity contribution in [2.24, 2.45) is 5.92 Å². The van der Waals surface area contributed by atoms with Crippen LogP contribution >= 0.6 is 0 Å². The highest BCUT2D eigenvalue weighted by atomic mass is 15.3. The van der Waals surface area contributed by atoms with Crippen LogP contribution in [0.3, 0.4) is 0 Å². The normalized spacial score (nSPS) is 20.8. The van der Waals surface area contributed by atoms with Crippen LogP contribution in [0.25, 0.3) is 0 Å². The van der Waals surface area contributed by atoms with Gasteiger partial charge in [-0.05, 0) is 25.1 Å². The summed E-state index contributed by atoms with van der Waals surface area (Å²) in [5.41, 5.74) is 1.40. The quantitative estimate of drug-likeness (QED) is 0.859. The SMILES string of the molecule is CCN1CCN(CC(C)C(NC)c2ccccc2)CC1. The molecule has 0 bridgehead atoms. The van der Waals surface area contributed by atoms with E-state index in [4.69, 9.17) is 0 Å². The molecule has 20 heavy (non-hydrogen) atoms. The van der Waals surface area contributed by atoms with Gasteiger partial charge in [0.05, 0.1) is 0 Å². The highest BCUT2D eigenvalue weighted by molar-refractivity contribution is 5.19. The molecule has 1 aliphatic heterocycles. The third-order valence-corrected chi connectivity index (χ3v) is 4.50. The lowest BCUT2D eigenvalue weighted by Gasteiger charge is -2.37. The molecule has 1 aromatic rings. The molecule has 1 saturated heterocycles. The van der Waals surface area contributed by atoms with Crippen molar-refractivity contribution >= 4 is 0 Å². The van der Waals surface area contributed by atoms with Gasteiger partial charge in [0.15, 0.2) is 0 Å². The minimum atomic E-state index is 0.445. The van der Waals surface area contributed by atoms with Gasteiger partial charge in [-0.1, -0.05) is 44.2 Å². The summed E-state index contributed by atoms with van der Waals surface area (Å²) in [6.45, 7) is 11.8. The zero-order chi connectivity index (χ0) is 14.4. The summed E-state index contributed by atoms with van der Waals surface area (Å²) in [6, 6.07) is 11.3. The minimum Gasteiger partial charge on any atom is -0.313 e. The van der Waals surface area contributed by atoms with E-state index in [1.165, 1.54) is 44.8 Å². The van der Waals surface area contributed by atoms with E-state index in [0.717, 1.165) is 0 Å². The van der Waals surface area contributed by atoms with Crippen molar-refractivity contribution in [3.8, 4) is 0 Å². The Morgan fingerprint density at radius 2 is 1.65 bits per heavy atom. The molecule has 1 heterocycles. The van der Waals surface area contributed by atoms with Crippen molar-refractivity contribution in [1.29, 1.82) is 0 Å². The molecule has 3 heteroatoms. The Bertz CT molecular complexity index is 371. The molecule has 112 valence electrons. The van der Waals surface area contributed by atoms with Gasteiger partial charge in [0.25, 0.3) is 0 Å². The van der Waals surface area contributed by atoms with Crippen molar-refractivity contribution in [2.45, 2.75) is 19.9 Å². The van der Waals surface area contributed by atoms with E-state index in [-0.39, 0.29) is 0 Å². The lowest BCUT2D eigenvalue weighted by Crippen LogP contribution is -2.48. The van der Waals surface area contributed by atoms with Crippen molar-refractivity contribution in [2.75, 3.05) is 46.3 Å². The van der Waals surface area contributed by atoms with Gasteiger partial charge < -0.3 is 15.1 Å². The molecule has 2 atom stereocenters. The topological polar surface area (TPSA) is 18.5 Å². The maximum atomic E-state index is 3.49. The average Bonchev–Trinajstić information content (AvgIpc) is 2.50. The van der Waals surface area contributed by atoms with Crippen molar-refractivity contribution in [3.05, 3.63) is 35.9 Å². The van der Waals surface area contributed by atoms with Crippen molar-refractivity contribution in [3.63, 3.8) is 0 Å². The molecular weight excluding hydrogens is 246 g/mol. The van der Waals surface area contributed by atoms with Crippen LogP contribution in [0.15, 0.2) is 30.3 Å². The summed E-state index contributed by atoms with van der Waals surface area (Å²) in [4.78, 5) is 5.15. The van der Waals surface area contributed by atoms with Gasteiger partial charge in [-0.25, -0.2) is 0 Å². The summed E-state index contributed by atoms with van der Waals surface area (Å²) in [5.74, 6) is 0.621. The first-order chi connectivity index (χ1) is 9.74. The predicted octanol–water partition coefficient (Wildman–Crippen LogP) is 2.22. The Morgan fingerprint density at radius 3 is 2.20 bits per heavy atom. The number of nitrogens with one attached hydrogen (secondary N) is 1. The van der Waals surface area contributed by atoms with E-state index in [2.05, 4.69) is 66.3 Å². The zero-order valence-electron chi connectivity index (χ0n) is 13.2. The summed E-state index contributed by atoms with van der Waals surface area (Å²) in [6.07, 6.45) is 0. The molecule has 2 rings (SSSR count). The highest BCUT2D eigenvalue weighted by Crippen LogP contribution is 2.22. The van der Waals surface area contributed by atoms with Crippen molar-refractivity contribution in [1.82, 2.24) is 15.1 Å². The molecule has 0 radical (unpaired) electrons. The van der Waals surface area contributed by atoms with Gasteiger partial charge in [-0.3, -0.25) is 0 Å². The van der Waals surface area contributed by atoms with Crippen LogP contribution in [0.5, 0.6) is 0 Å². The predicted molar refractivity (Wildman–Crippen MR) is 86.0 cm³/mol. The first-order valence-electron chi connectivity index (χ1n) is 7.91. The van der Waals surface area contributed by atoms with Crippen LogP contribution in [0.1, 0.15) is 25.5 Å². The first kappa shape index (κ1) is 15.5. The number of nitrogens with zero attached hydrogens (tertiary/aromatic N) is 2. The summed E-state index contributed by atoms with van der Waals surface area (Å²) >= 11 is 0. The Kier molecular flexibility index (Phi) is 6.02. The van der Waals surface area contributed by atoms with E-state index in [0.29, 0.717) is 12.0 Å². The third kappa shape index (κ3) is 4.05. The fraction of sp³-hybridized carbons (Fsp3) is 0.647. The maximum absolute atomic E-state index is 3.49. The van der Waals surface area contributed by atoms with Crippen LogP contribution in [-0.2, 0) is 0 Å². The van der Waals surface area contributed by atoms with E-state index in [9.17, 15) is 0 Å². The fourth-order valence-electron chi connectivity index (χ4n) is 3.24. The van der Waals surface area contributed by atoms with Gasteiger partial charge in [0.1, 0.15) is 0 Å². The Hall–Kier alpha value is -0.900. The Balaban J connectivity index is 1.88. The van der Waals surface area contributed by atoms with Gasteiger partial charge >= 0.3 is 0 Å². The molecule has 1 aliphatic rings. The lowest BCUT2D eigenvalue weighted by molar-refractivity contribution is 0.117. The summed E-state index contributed by atoms with van der Waals surface area (Å²) in [5, 5.41) is 3.49. The largest absolute Gasteiger partial charge is 0.313 e. The molecule has 0 aromatic heterocycles. The van der Waals surface area contributed by atoms with Crippen LogP contribution < -0.4 is 5.32 Å². The molecule has 1 N–H and O–H groups in total. The number of benzene rings is 1.